The van der Waals surface area contributed by atoms with Crippen LogP contribution in [0.5, 0.6) is 0 Å². The second-order valence-electron chi connectivity index (χ2n) is 6.27. The molecule has 2 rings (SSSR count). The first-order valence-electron chi connectivity index (χ1n) is 7.96. The summed E-state index contributed by atoms with van der Waals surface area (Å²) in [6, 6.07) is 15.1. The Balaban J connectivity index is 0.000000330. The van der Waals surface area contributed by atoms with E-state index in [1.807, 2.05) is 26.0 Å². The van der Waals surface area contributed by atoms with Gasteiger partial charge in [-0.1, -0.05) is 60.5 Å². The quantitative estimate of drug-likeness (QED) is 0.686. The highest BCUT2D eigenvalue weighted by atomic mass is 15.0. The number of aryl methyl sites for hydroxylation is 5. The van der Waals surface area contributed by atoms with Crippen molar-refractivity contribution in [1.29, 1.82) is 0 Å². The van der Waals surface area contributed by atoms with Crippen LogP contribution in [0.1, 0.15) is 34.7 Å². The Hall–Kier alpha value is -1.60. The van der Waals surface area contributed by atoms with Crippen LogP contribution in [-0.4, -0.2) is 26.0 Å². The molecular weight excluding hydrogens is 266 g/mol. The van der Waals surface area contributed by atoms with Crippen molar-refractivity contribution in [2.75, 3.05) is 21.1 Å². The number of nitrogens with zero attached hydrogens (tertiary/aromatic N) is 1. The molecule has 0 amide bonds. The molecule has 0 unspecified atom stereocenters. The number of rotatable bonds is 1. The van der Waals surface area contributed by atoms with Gasteiger partial charge in [0.05, 0.1) is 0 Å². The van der Waals surface area contributed by atoms with Gasteiger partial charge in [-0.05, 0) is 71.9 Å². The van der Waals surface area contributed by atoms with E-state index in [4.69, 9.17) is 0 Å². The summed E-state index contributed by atoms with van der Waals surface area (Å²) in [6.45, 7) is 10.7. The third kappa shape index (κ3) is 10.2. The normalized spacial score (nSPS) is 9.50. The molecule has 2 aromatic rings. The van der Waals surface area contributed by atoms with Crippen molar-refractivity contribution >= 4 is 0 Å². The van der Waals surface area contributed by atoms with Crippen molar-refractivity contribution in [3.63, 3.8) is 0 Å². The molecule has 0 bridgehead atoms. The zero-order valence-corrected chi connectivity index (χ0v) is 15.7. The molecule has 0 saturated carbocycles. The summed E-state index contributed by atoms with van der Waals surface area (Å²) in [7, 11) is 6.00. The van der Waals surface area contributed by atoms with Crippen molar-refractivity contribution < 1.29 is 0 Å². The topological polar surface area (TPSA) is 3.24 Å². The minimum absolute atomic E-state index is 1.14. The molecule has 0 spiro atoms. The van der Waals surface area contributed by atoms with E-state index >= 15 is 0 Å². The third-order valence-corrected chi connectivity index (χ3v) is 3.20. The lowest BCUT2D eigenvalue weighted by atomic mass is 10.1. The van der Waals surface area contributed by atoms with Crippen molar-refractivity contribution in [3.8, 4) is 0 Å². The Kier molecular flexibility index (Phi) is 10.2. The van der Waals surface area contributed by atoms with Gasteiger partial charge in [0.25, 0.3) is 0 Å². The molecule has 0 aliphatic carbocycles. The molecule has 2 aromatic carbocycles. The maximum atomic E-state index is 2.26. The number of hydrogen-bond donors (Lipinski definition) is 0. The summed E-state index contributed by atoms with van der Waals surface area (Å²) in [5, 5.41) is 0. The second kappa shape index (κ2) is 11.0. The van der Waals surface area contributed by atoms with Crippen LogP contribution in [0, 0.1) is 27.7 Å². The van der Waals surface area contributed by atoms with Gasteiger partial charge < -0.3 is 4.90 Å². The fraction of sp³-hybridized carbons (Fsp3) is 0.429. The van der Waals surface area contributed by atoms with Crippen molar-refractivity contribution in [3.05, 3.63) is 70.3 Å². The molecule has 0 fully saturated rings. The van der Waals surface area contributed by atoms with Gasteiger partial charge in [-0.25, -0.2) is 0 Å². The average Bonchev–Trinajstić information content (AvgIpc) is 2.45. The maximum absolute atomic E-state index is 2.26. The first kappa shape index (κ1) is 20.4. The highest BCUT2D eigenvalue weighted by Gasteiger charge is 1.92. The summed E-state index contributed by atoms with van der Waals surface area (Å²) in [6.07, 6.45) is 1.14. The number of hydrogen-bond acceptors (Lipinski definition) is 1. The molecule has 1 heteroatoms. The first-order chi connectivity index (χ1) is 10.3. The molecule has 0 aliphatic rings. The SMILES string of the molecule is CCc1ccc(C)c(C)c1.CN(C)C.Cc1ccc(C)cc1. The number of benzene rings is 2. The molecule has 0 saturated heterocycles. The van der Waals surface area contributed by atoms with Crippen LogP contribution >= 0.6 is 0 Å². The van der Waals surface area contributed by atoms with Crippen molar-refractivity contribution in [2.45, 2.75) is 41.0 Å². The van der Waals surface area contributed by atoms with Crippen LogP contribution in [0.2, 0.25) is 0 Å². The van der Waals surface area contributed by atoms with Gasteiger partial charge in [0.2, 0.25) is 0 Å². The van der Waals surface area contributed by atoms with Gasteiger partial charge in [-0.15, -0.1) is 0 Å². The largest absolute Gasteiger partial charge is 0.312 e. The van der Waals surface area contributed by atoms with Crippen molar-refractivity contribution in [1.82, 2.24) is 4.90 Å². The predicted molar refractivity (Wildman–Crippen MR) is 101 cm³/mol. The standard InChI is InChI=1S/C10H14.C8H10.C3H9N/c1-4-10-6-5-8(2)9(3)7-10;1-7-3-5-8(2)6-4-7;1-4(2)3/h5-7H,4H2,1-3H3;3-6H,1-2H3;1-3H3. The van der Waals surface area contributed by atoms with Crippen LogP contribution in [0.15, 0.2) is 42.5 Å². The molecule has 0 aliphatic heterocycles. The molecule has 0 N–H and O–H groups in total. The highest BCUT2D eigenvalue weighted by Crippen LogP contribution is 2.09. The zero-order chi connectivity index (χ0) is 17.1. The molecular formula is C21H33N. The predicted octanol–water partition coefficient (Wildman–Crippen LogP) is 5.35. The van der Waals surface area contributed by atoms with Gasteiger partial charge in [0.1, 0.15) is 0 Å². The van der Waals surface area contributed by atoms with E-state index in [0.717, 1.165) is 6.42 Å². The first-order valence-corrected chi connectivity index (χ1v) is 7.96. The van der Waals surface area contributed by atoms with Crippen molar-refractivity contribution in [2.24, 2.45) is 0 Å². The molecule has 1 nitrogen and oxygen atoms in total. The van der Waals surface area contributed by atoms with Crippen LogP contribution in [0.3, 0.4) is 0 Å². The molecule has 22 heavy (non-hydrogen) atoms. The van der Waals surface area contributed by atoms with E-state index in [0.29, 0.717) is 0 Å². The van der Waals surface area contributed by atoms with Gasteiger partial charge >= 0.3 is 0 Å². The molecule has 122 valence electrons. The summed E-state index contributed by atoms with van der Waals surface area (Å²) in [5.74, 6) is 0. The average molecular weight is 300 g/mol. The Labute approximate surface area is 138 Å². The summed E-state index contributed by atoms with van der Waals surface area (Å²) < 4.78 is 0. The minimum atomic E-state index is 1.14. The molecule has 0 radical (unpaired) electrons. The smallest absolute Gasteiger partial charge is 0.0140 e. The Morgan fingerprint density at radius 1 is 0.682 bits per heavy atom. The second-order valence-corrected chi connectivity index (χ2v) is 6.27. The van der Waals surface area contributed by atoms with Crippen LogP contribution in [0.4, 0.5) is 0 Å². The van der Waals surface area contributed by atoms with Gasteiger partial charge in [-0.2, -0.15) is 0 Å². The lowest BCUT2D eigenvalue weighted by Gasteiger charge is -2.01. The lowest BCUT2D eigenvalue weighted by molar-refractivity contribution is 0.505. The summed E-state index contributed by atoms with van der Waals surface area (Å²) in [5.41, 5.74) is 6.88. The van der Waals surface area contributed by atoms with E-state index in [-0.39, 0.29) is 0 Å². The highest BCUT2D eigenvalue weighted by molar-refractivity contribution is 5.29. The van der Waals surface area contributed by atoms with Crippen LogP contribution in [0.25, 0.3) is 0 Å². The van der Waals surface area contributed by atoms with E-state index in [1.54, 1.807) is 0 Å². The lowest BCUT2D eigenvalue weighted by Crippen LogP contribution is -1.99. The van der Waals surface area contributed by atoms with E-state index in [1.165, 1.54) is 27.8 Å². The minimum Gasteiger partial charge on any atom is -0.312 e. The zero-order valence-electron chi connectivity index (χ0n) is 15.7. The fourth-order valence-corrected chi connectivity index (χ4v) is 1.66. The third-order valence-electron chi connectivity index (χ3n) is 3.20. The monoisotopic (exact) mass is 299 g/mol. The molecule has 0 heterocycles. The summed E-state index contributed by atoms with van der Waals surface area (Å²) in [4.78, 5) is 2.00. The van der Waals surface area contributed by atoms with Crippen LogP contribution in [-0.2, 0) is 6.42 Å². The van der Waals surface area contributed by atoms with Gasteiger partial charge in [0, 0.05) is 0 Å². The molecule has 0 atom stereocenters. The van der Waals surface area contributed by atoms with E-state index in [2.05, 4.69) is 77.1 Å². The van der Waals surface area contributed by atoms with Gasteiger partial charge in [0.15, 0.2) is 0 Å². The van der Waals surface area contributed by atoms with E-state index in [9.17, 15) is 0 Å². The van der Waals surface area contributed by atoms with Crippen LogP contribution < -0.4 is 0 Å². The fourth-order valence-electron chi connectivity index (χ4n) is 1.66. The molecule has 0 aromatic heterocycles. The Morgan fingerprint density at radius 3 is 1.41 bits per heavy atom. The van der Waals surface area contributed by atoms with Gasteiger partial charge in [-0.3, -0.25) is 0 Å². The summed E-state index contributed by atoms with van der Waals surface area (Å²) >= 11 is 0. The maximum Gasteiger partial charge on any atom is -0.0140 e. The Bertz CT molecular complexity index is 500. The van der Waals surface area contributed by atoms with E-state index < -0.39 is 0 Å². The Morgan fingerprint density at radius 2 is 1.09 bits per heavy atom.